The van der Waals surface area contributed by atoms with Gasteiger partial charge in [0, 0.05) is 25.0 Å². The number of nitrogens with zero attached hydrogens (tertiary/aromatic N) is 3. The Kier molecular flexibility index (Phi) is 4.23. The van der Waals surface area contributed by atoms with Crippen molar-refractivity contribution in [2.24, 2.45) is 0 Å². The van der Waals surface area contributed by atoms with E-state index in [4.69, 9.17) is 0 Å². The van der Waals surface area contributed by atoms with Gasteiger partial charge < -0.3 is 4.90 Å². The van der Waals surface area contributed by atoms with Crippen LogP contribution in [0.25, 0.3) is 0 Å². The average Bonchev–Trinajstić information content (AvgIpc) is 2.46. The van der Waals surface area contributed by atoms with Crippen LogP contribution in [0.3, 0.4) is 0 Å². The van der Waals surface area contributed by atoms with Crippen molar-refractivity contribution in [1.29, 1.82) is 0 Å². The molecule has 2 aromatic rings. The molecule has 4 heteroatoms. The predicted octanol–water partition coefficient (Wildman–Crippen LogP) is 2.53. The zero-order chi connectivity index (χ0) is 13.7. The minimum atomic E-state index is -0.0422. The first-order chi connectivity index (χ1) is 9.18. The first-order valence-corrected chi connectivity index (χ1v) is 6.28. The maximum Gasteiger partial charge on any atom is 0.257 e. The van der Waals surface area contributed by atoms with Crippen molar-refractivity contribution in [2.75, 3.05) is 0 Å². The zero-order valence-electron chi connectivity index (χ0n) is 11.2. The van der Waals surface area contributed by atoms with E-state index in [1.807, 2.05) is 49.1 Å². The highest BCUT2D eigenvalue weighted by molar-refractivity contribution is 5.93. The summed E-state index contributed by atoms with van der Waals surface area (Å²) in [5.41, 5.74) is 1.63. The van der Waals surface area contributed by atoms with Crippen LogP contribution < -0.4 is 0 Å². The maximum absolute atomic E-state index is 12.4. The van der Waals surface area contributed by atoms with Crippen LogP contribution in [0.2, 0.25) is 0 Å². The second-order valence-corrected chi connectivity index (χ2v) is 4.64. The third kappa shape index (κ3) is 3.37. The lowest BCUT2D eigenvalue weighted by Crippen LogP contribution is -2.36. The Bertz CT molecular complexity index is 526. The average molecular weight is 255 g/mol. The van der Waals surface area contributed by atoms with Gasteiger partial charge in [-0.15, -0.1) is 0 Å². The molecule has 19 heavy (non-hydrogen) atoms. The Morgan fingerprint density at radius 3 is 2.37 bits per heavy atom. The second-order valence-electron chi connectivity index (χ2n) is 4.64. The number of rotatable bonds is 4. The van der Waals surface area contributed by atoms with Gasteiger partial charge in [0.2, 0.25) is 0 Å². The molecule has 0 fully saturated rings. The third-order valence-corrected chi connectivity index (χ3v) is 2.89. The minimum Gasteiger partial charge on any atom is -0.332 e. The van der Waals surface area contributed by atoms with E-state index in [-0.39, 0.29) is 11.9 Å². The molecule has 1 amide bonds. The maximum atomic E-state index is 12.4. The molecule has 98 valence electrons. The van der Waals surface area contributed by atoms with E-state index in [0.717, 1.165) is 5.56 Å². The summed E-state index contributed by atoms with van der Waals surface area (Å²) in [5.74, 6) is -0.0422. The summed E-state index contributed by atoms with van der Waals surface area (Å²) in [6.45, 7) is 4.60. The molecule has 0 saturated heterocycles. The molecule has 0 aliphatic rings. The molecule has 1 aromatic carbocycles. The molecular weight excluding hydrogens is 238 g/mol. The van der Waals surface area contributed by atoms with Gasteiger partial charge in [-0.1, -0.05) is 30.3 Å². The van der Waals surface area contributed by atoms with Crippen LogP contribution in [0.1, 0.15) is 29.8 Å². The smallest absolute Gasteiger partial charge is 0.257 e. The predicted molar refractivity (Wildman–Crippen MR) is 73.5 cm³/mol. The zero-order valence-corrected chi connectivity index (χ0v) is 11.2. The molecule has 0 unspecified atom stereocenters. The number of amides is 1. The monoisotopic (exact) mass is 255 g/mol. The molecule has 0 saturated carbocycles. The van der Waals surface area contributed by atoms with Crippen LogP contribution in [-0.4, -0.2) is 26.8 Å². The fraction of sp³-hybridized carbons (Fsp3) is 0.267. The summed E-state index contributed by atoms with van der Waals surface area (Å²) in [4.78, 5) is 22.0. The molecular formula is C15H17N3O. The Hall–Kier alpha value is -2.23. The SMILES string of the molecule is CC(C)N(Cc1ccccc1)C(=O)c1cncnc1. The van der Waals surface area contributed by atoms with E-state index in [0.29, 0.717) is 12.1 Å². The van der Waals surface area contributed by atoms with E-state index in [2.05, 4.69) is 9.97 Å². The van der Waals surface area contributed by atoms with Gasteiger partial charge in [0.25, 0.3) is 5.91 Å². The molecule has 0 N–H and O–H groups in total. The first kappa shape index (κ1) is 13.2. The van der Waals surface area contributed by atoms with Crippen LogP contribution in [0, 0.1) is 0 Å². The van der Waals surface area contributed by atoms with Crippen LogP contribution in [-0.2, 0) is 6.54 Å². The van der Waals surface area contributed by atoms with Gasteiger partial charge in [-0.05, 0) is 19.4 Å². The lowest BCUT2D eigenvalue weighted by Gasteiger charge is -2.26. The first-order valence-electron chi connectivity index (χ1n) is 6.28. The van der Waals surface area contributed by atoms with Crippen LogP contribution >= 0.6 is 0 Å². The van der Waals surface area contributed by atoms with Crippen LogP contribution in [0.4, 0.5) is 0 Å². The summed E-state index contributed by atoms with van der Waals surface area (Å²) in [7, 11) is 0. The van der Waals surface area contributed by atoms with E-state index in [1.54, 1.807) is 12.4 Å². The minimum absolute atomic E-state index is 0.0422. The normalized spacial score (nSPS) is 10.5. The van der Waals surface area contributed by atoms with Crippen molar-refractivity contribution < 1.29 is 4.79 Å². The molecule has 0 spiro atoms. The van der Waals surface area contributed by atoms with Gasteiger partial charge in [-0.25, -0.2) is 9.97 Å². The van der Waals surface area contributed by atoms with Crippen molar-refractivity contribution >= 4 is 5.91 Å². The van der Waals surface area contributed by atoms with Crippen LogP contribution in [0.15, 0.2) is 49.1 Å². The molecule has 2 rings (SSSR count). The summed E-state index contributed by atoms with van der Waals surface area (Å²) in [5, 5.41) is 0. The van der Waals surface area contributed by atoms with E-state index in [1.165, 1.54) is 6.33 Å². The molecule has 0 bridgehead atoms. The second kappa shape index (κ2) is 6.09. The molecule has 1 heterocycles. The Labute approximate surface area is 113 Å². The number of hydrogen-bond donors (Lipinski definition) is 0. The van der Waals surface area contributed by atoms with Gasteiger partial charge >= 0.3 is 0 Å². The van der Waals surface area contributed by atoms with E-state index < -0.39 is 0 Å². The molecule has 0 radical (unpaired) electrons. The summed E-state index contributed by atoms with van der Waals surface area (Å²) in [6, 6.07) is 10.1. The van der Waals surface area contributed by atoms with E-state index >= 15 is 0 Å². The standard InChI is InChI=1S/C15H17N3O/c1-12(2)18(10-13-6-4-3-5-7-13)15(19)14-8-16-11-17-9-14/h3-9,11-12H,10H2,1-2H3. The third-order valence-electron chi connectivity index (χ3n) is 2.89. The largest absolute Gasteiger partial charge is 0.332 e. The lowest BCUT2D eigenvalue weighted by atomic mass is 10.1. The highest BCUT2D eigenvalue weighted by Gasteiger charge is 2.19. The van der Waals surface area contributed by atoms with Crippen molar-refractivity contribution in [2.45, 2.75) is 26.4 Å². The van der Waals surface area contributed by atoms with Gasteiger partial charge in [0.1, 0.15) is 6.33 Å². The fourth-order valence-electron chi connectivity index (χ4n) is 1.84. The Morgan fingerprint density at radius 2 is 1.79 bits per heavy atom. The lowest BCUT2D eigenvalue weighted by molar-refractivity contribution is 0.0689. The number of aromatic nitrogens is 2. The van der Waals surface area contributed by atoms with Crippen molar-refractivity contribution in [3.63, 3.8) is 0 Å². The quantitative estimate of drug-likeness (QED) is 0.843. The Morgan fingerprint density at radius 1 is 1.16 bits per heavy atom. The van der Waals surface area contributed by atoms with Crippen LogP contribution in [0.5, 0.6) is 0 Å². The summed E-state index contributed by atoms with van der Waals surface area (Å²) in [6.07, 6.45) is 4.53. The number of carbonyl (C=O) groups excluding carboxylic acids is 1. The van der Waals surface area contributed by atoms with Gasteiger partial charge in [0.05, 0.1) is 5.56 Å². The molecule has 4 nitrogen and oxygen atoms in total. The van der Waals surface area contributed by atoms with Gasteiger partial charge in [0.15, 0.2) is 0 Å². The topological polar surface area (TPSA) is 46.1 Å². The fourth-order valence-corrected chi connectivity index (χ4v) is 1.84. The highest BCUT2D eigenvalue weighted by Crippen LogP contribution is 2.12. The number of benzene rings is 1. The van der Waals surface area contributed by atoms with Crippen molar-refractivity contribution in [3.8, 4) is 0 Å². The highest BCUT2D eigenvalue weighted by atomic mass is 16.2. The van der Waals surface area contributed by atoms with E-state index in [9.17, 15) is 4.79 Å². The summed E-state index contributed by atoms with van der Waals surface area (Å²) < 4.78 is 0. The molecule has 0 aliphatic heterocycles. The van der Waals surface area contributed by atoms with Crippen molar-refractivity contribution in [1.82, 2.24) is 14.9 Å². The molecule has 0 atom stereocenters. The van der Waals surface area contributed by atoms with Gasteiger partial charge in [-0.3, -0.25) is 4.79 Å². The summed E-state index contributed by atoms with van der Waals surface area (Å²) >= 11 is 0. The van der Waals surface area contributed by atoms with Crippen molar-refractivity contribution in [3.05, 3.63) is 60.2 Å². The Balaban J connectivity index is 2.19. The van der Waals surface area contributed by atoms with Gasteiger partial charge in [-0.2, -0.15) is 0 Å². The molecule has 0 aliphatic carbocycles. The number of carbonyl (C=O) groups is 1. The molecule has 1 aromatic heterocycles. The number of hydrogen-bond acceptors (Lipinski definition) is 3.